The molecule has 0 N–H and O–H groups in total. The van der Waals surface area contributed by atoms with Gasteiger partial charge in [0.15, 0.2) is 11.9 Å². The van der Waals surface area contributed by atoms with E-state index in [1.165, 1.54) is 17.9 Å². The van der Waals surface area contributed by atoms with E-state index in [2.05, 4.69) is 5.92 Å². The molecule has 6 nitrogen and oxygen atoms in total. The van der Waals surface area contributed by atoms with Crippen LogP contribution in [0.5, 0.6) is 5.75 Å². The molecule has 3 amide bonds. The molecule has 0 aromatic heterocycles. The summed E-state index contributed by atoms with van der Waals surface area (Å²) >= 11 is 0. The second-order valence-electron chi connectivity index (χ2n) is 6.65. The highest BCUT2D eigenvalue weighted by molar-refractivity contribution is 6.34. The van der Waals surface area contributed by atoms with Crippen LogP contribution in [0.15, 0.2) is 30.3 Å². The smallest absolute Gasteiger partial charge is 0.268 e. The van der Waals surface area contributed by atoms with Crippen molar-refractivity contribution >= 4 is 29.1 Å². The van der Waals surface area contributed by atoms with Crippen molar-refractivity contribution in [2.75, 3.05) is 16.3 Å². The molecule has 0 saturated carbocycles. The van der Waals surface area contributed by atoms with Crippen LogP contribution in [0.3, 0.4) is 0 Å². The second kappa shape index (κ2) is 6.20. The number of carbonyl (C=O) groups is 3. The Bertz CT molecular complexity index is 1100. The Morgan fingerprint density at radius 3 is 2.54 bits per heavy atom. The molecule has 2 aliphatic heterocycles. The molecule has 28 heavy (non-hydrogen) atoms. The Morgan fingerprint density at radius 1 is 1.11 bits per heavy atom. The third-order valence-corrected chi connectivity index (χ3v) is 4.77. The first kappa shape index (κ1) is 17.7. The molecule has 1 atom stereocenters. The normalized spacial score (nSPS) is 17.9. The summed E-state index contributed by atoms with van der Waals surface area (Å²) in [6.45, 7) is 3.28. The van der Waals surface area contributed by atoms with Crippen LogP contribution in [-0.2, 0) is 4.79 Å². The molecule has 2 heterocycles. The minimum absolute atomic E-state index is 0.0497. The minimum atomic E-state index is -0.826. The van der Waals surface area contributed by atoms with E-state index in [-0.39, 0.29) is 40.7 Å². The highest BCUT2D eigenvalue weighted by atomic mass is 19.1. The topological polar surface area (TPSA) is 66.9 Å². The van der Waals surface area contributed by atoms with Crippen LogP contribution in [0.1, 0.15) is 33.2 Å². The van der Waals surface area contributed by atoms with Crippen molar-refractivity contribution in [3.8, 4) is 18.1 Å². The largest absolute Gasteiger partial charge is 0.479 e. The minimum Gasteiger partial charge on any atom is -0.479 e. The number of ether oxygens (including phenoxy) is 1. The number of benzene rings is 2. The van der Waals surface area contributed by atoms with Crippen LogP contribution in [0, 0.1) is 25.1 Å². The predicted molar refractivity (Wildman–Crippen MR) is 100.0 cm³/mol. The van der Waals surface area contributed by atoms with E-state index in [1.807, 2.05) is 0 Å². The number of carbonyl (C=O) groups excluding carboxylic acids is 3. The predicted octanol–water partition coefficient (Wildman–Crippen LogP) is 2.68. The van der Waals surface area contributed by atoms with Gasteiger partial charge in [-0.3, -0.25) is 19.3 Å². The number of nitrogens with zero attached hydrogens (tertiary/aromatic N) is 2. The van der Waals surface area contributed by atoms with Gasteiger partial charge in [-0.15, -0.1) is 6.42 Å². The van der Waals surface area contributed by atoms with Gasteiger partial charge in [-0.05, 0) is 32.0 Å². The quantitative estimate of drug-likeness (QED) is 0.595. The number of anilines is 2. The number of imide groups is 1. The van der Waals surface area contributed by atoms with Gasteiger partial charge in [0.25, 0.3) is 17.7 Å². The van der Waals surface area contributed by atoms with Gasteiger partial charge in [0.2, 0.25) is 0 Å². The van der Waals surface area contributed by atoms with Gasteiger partial charge in [0.05, 0.1) is 29.0 Å². The molecule has 0 saturated heterocycles. The summed E-state index contributed by atoms with van der Waals surface area (Å²) < 4.78 is 20.3. The van der Waals surface area contributed by atoms with Crippen LogP contribution in [0.4, 0.5) is 15.8 Å². The number of aryl methyl sites for hydroxylation is 1. The number of amides is 3. The lowest BCUT2D eigenvalue weighted by atomic mass is 10.1. The molecule has 140 valence electrons. The van der Waals surface area contributed by atoms with Gasteiger partial charge in [0.1, 0.15) is 5.75 Å². The summed E-state index contributed by atoms with van der Waals surface area (Å²) in [6, 6.07) is 7.15. The number of terminal acetylenes is 1. The molecule has 0 spiro atoms. The molecule has 0 radical (unpaired) electrons. The lowest BCUT2D eigenvalue weighted by molar-refractivity contribution is -0.125. The van der Waals surface area contributed by atoms with Crippen LogP contribution in [0.2, 0.25) is 0 Å². The van der Waals surface area contributed by atoms with E-state index < -0.39 is 23.7 Å². The van der Waals surface area contributed by atoms with Crippen LogP contribution in [0.25, 0.3) is 0 Å². The fourth-order valence-electron chi connectivity index (χ4n) is 3.42. The maximum atomic E-state index is 14.8. The maximum absolute atomic E-state index is 14.8. The molecule has 2 aliphatic rings. The zero-order valence-corrected chi connectivity index (χ0v) is 15.2. The molecule has 0 aliphatic carbocycles. The standard InChI is InChI=1S/C21H15FN2O4/c1-4-7-23-17-10-16(15(22)9-18(17)28-12(3)19(23)25)24-20(26)13-6-5-11(2)8-14(13)21(24)27/h1,5-6,8-10,12H,7H2,2-3H3. The molecule has 0 fully saturated rings. The van der Waals surface area contributed by atoms with Crippen LogP contribution < -0.4 is 14.5 Å². The molecular weight excluding hydrogens is 363 g/mol. The first-order valence-electron chi connectivity index (χ1n) is 8.58. The van der Waals surface area contributed by atoms with Crippen molar-refractivity contribution in [1.29, 1.82) is 0 Å². The molecule has 7 heteroatoms. The molecule has 1 unspecified atom stereocenters. The highest BCUT2D eigenvalue weighted by Gasteiger charge is 2.40. The summed E-state index contributed by atoms with van der Waals surface area (Å²) in [4.78, 5) is 40.0. The van der Waals surface area contributed by atoms with Gasteiger partial charge >= 0.3 is 0 Å². The van der Waals surface area contributed by atoms with Crippen molar-refractivity contribution in [3.05, 3.63) is 52.8 Å². The third-order valence-electron chi connectivity index (χ3n) is 4.77. The van der Waals surface area contributed by atoms with E-state index in [0.29, 0.717) is 0 Å². The van der Waals surface area contributed by atoms with Gasteiger partial charge < -0.3 is 4.74 Å². The van der Waals surface area contributed by atoms with Crippen molar-refractivity contribution < 1.29 is 23.5 Å². The highest BCUT2D eigenvalue weighted by Crippen LogP contribution is 2.41. The number of rotatable bonds is 2. The Hall–Kier alpha value is -3.66. The van der Waals surface area contributed by atoms with Crippen molar-refractivity contribution in [2.45, 2.75) is 20.0 Å². The lowest BCUT2D eigenvalue weighted by Gasteiger charge is -2.32. The third kappa shape index (κ3) is 2.46. The van der Waals surface area contributed by atoms with E-state index >= 15 is 0 Å². The number of halogens is 1. The van der Waals surface area contributed by atoms with E-state index in [9.17, 15) is 18.8 Å². The Morgan fingerprint density at radius 2 is 1.82 bits per heavy atom. The number of hydrogen-bond acceptors (Lipinski definition) is 4. The maximum Gasteiger partial charge on any atom is 0.268 e. The summed E-state index contributed by atoms with van der Waals surface area (Å²) in [6.07, 6.45) is 4.53. The van der Waals surface area contributed by atoms with Crippen LogP contribution in [-0.4, -0.2) is 30.4 Å². The summed E-state index contributed by atoms with van der Waals surface area (Å²) in [5, 5.41) is 0. The monoisotopic (exact) mass is 378 g/mol. The van der Waals surface area contributed by atoms with Crippen molar-refractivity contribution in [2.24, 2.45) is 0 Å². The van der Waals surface area contributed by atoms with Crippen molar-refractivity contribution in [3.63, 3.8) is 0 Å². The van der Waals surface area contributed by atoms with Gasteiger partial charge in [-0.1, -0.05) is 17.6 Å². The van der Waals surface area contributed by atoms with E-state index in [1.54, 1.807) is 25.1 Å². The van der Waals surface area contributed by atoms with E-state index in [0.717, 1.165) is 16.5 Å². The first-order chi connectivity index (χ1) is 13.3. The van der Waals surface area contributed by atoms with Gasteiger partial charge in [-0.25, -0.2) is 9.29 Å². The average molecular weight is 378 g/mol. The molecular formula is C21H15FN2O4. The Kier molecular flexibility index (Phi) is 3.93. The number of hydrogen-bond donors (Lipinski definition) is 0. The summed E-state index contributed by atoms with van der Waals surface area (Å²) in [5.74, 6) is 0.0509. The second-order valence-corrected chi connectivity index (χ2v) is 6.65. The van der Waals surface area contributed by atoms with E-state index in [4.69, 9.17) is 11.2 Å². The Balaban J connectivity index is 1.85. The fourth-order valence-corrected chi connectivity index (χ4v) is 3.42. The molecule has 4 rings (SSSR count). The number of fused-ring (bicyclic) bond motifs is 2. The Labute approximate surface area is 160 Å². The zero-order valence-electron chi connectivity index (χ0n) is 15.2. The lowest BCUT2D eigenvalue weighted by Crippen LogP contribution is -2.44. The first-order valence-corrected chi connectivity index (χ1v) is 8.58. The molecule has 0 bridgehead atoms. The molecule has 2 aromatic carbocycles. The van der Waals surface area contributed by atoms with Gasteiger partial charge in [-0.2, -0.15) is 0 Å². The summed E-state index contributed by atoms with van der Waals surface area (Å²) in [7, 11) is 0. The average Bonchev–Trinajstić information content (AvgIpc) is 2.89. The summed E-state index contributed by atoms with van der Waals surface area (Å²) in [5.41, 5.74) is 1.18. The fraction of sp³-hybridized carbons (Fsp3) is 0.190. The zero-order chi connectivity index (χ0) is 20.2. The van der Waals surface area contributed by atoms with Crippen LogP contribution >= 0.6 is 0 Å². The van der Waals surface area contributed by atoms with Crippen molar-refractivity contribution in [1.82, 2.24) is 0 Å². The van der Waals surface area contributed by atoms with Gasteiger partial charge in [0, 0.05) is 6.07 Å². The molecule has 2 aromatic rings. The SMILES string of the molecule is C#CCN1C(=O)C(C)Oc2cc(F)c(N3C(=O)c4ccc(C)cc4C3=O)cc21.